The maximum atomic E-state index is 12.1. The van der Waals surface area contributed by atoms with E-state index in [0.29, 0.717) is 31.3 Å². The summed E-state index contributed by atoms with van der Waals surface area (Å²) < 4.78 is 22.8. The quantitative estimate of drug-likeness (QED) is 0.399. The van der Waals surface area contributed by atoms with Crippen molar-refractivity contribution in [3.05, 3.63) is 83.4 Å². The molecule has 1 unspecified atom stereocenters. The highest BCUT2D eigenvalue weighted by Gasteiger charge is 2.26. The van der Waals surface area contributed by atoms with E-state index in [2.05, 4.69) is 11.4 Å². The van der Waals surface area contributed by atoms with Gasteiger partial charge in [0, 0.05) is 12.1 Å². The summed E-state index contributed by atoms with van der Waals surface area (Å²) in [4.78, 5) is 24.1. The van der Waals surface area contributed by atoms with Crippen molar-refractivity contribution in [1.29, 1.82) is 0 Å². The summed E-state index contributed by atoms with van der Waals surface area (Å²) in [6, 6.07) is 21.6. The molecule has 4 rings (SSSR count). The minimum atomic E-state index is -0.544. The molecule has 194 valence electrons. The molecule has 7 nitrogen and oxygen atoms in total. The number of esters is 1. The lowest BCUT2D eigenvalue weighted by Gasteiger charge is -2.28. The van der Waals surface area contributed by atoms with Crippen LogP contribution in [0.5, 0.6) is 11.5 Å². The Bertz CT molecular complexity index is 1260. The van der Waals surface area contributed by atoms with Crippen LogP contribution in [0.4, 0.5) is 4.79 Å². The minimum Gasteiger partial charge on any atom is -0.485 e. The molecule has 1 aliphatic heterocycles. The summed E-state index contributed by atoms with van der Waals surface area (Å²) >= 11 is 0. The third kappa shape index (κ3) is 7.03. The molecular weight excluding hydrogens is 470 g/mol. The molecule has 0 aliphatic carbocycles. The average molecular weight is 504 g/mol. The second kappa shape index (κ2) is 11.4. The number of benzene rings is 3. The molecule has 0 radical (unpaired) electrons. The molecule has 7 heteroatoms. The molecular formula is C30H33NO6. The van der Waals surface area contributed by atoms with Gasteiger partial charge in [-0.15, -0.1) is 0 Å². The van der Waals surface area contributed by atoms with Crippen molar-refractivity contribution in [2.45, 2.75) is 52.4 Å². The third-order valence-electron chi connectivity index (χ3n) is 5.71. The lowest BCUT2D eigenvalue weighted by molar-refractivity contribution is -0.142. The number of carbonyl (C=O) groups is 2. The Morgan fingerprint density at radius 2 is 1.73 bits per heavy atom. The van der Waals surface area contributed by atoms with Gasteiger partial charge in [-0.25, -0.2) is 4.79 Å². The summed E-state index contributed by atoms with van der Waals surface area (Å²) in [7, 11) is 0. The summed E-state index contributed by atoms with van der Waals surface area (Å²) in [6.45, 7) is 8.34. The topological polar surface area (TPSA) is 83.1 Å². The van der Waals surface area contributed by atoms with E-state index in [1.807, 2.05) is 81.4 Å². The highest BCUT2D eigenvalue weighted by atomic mass is 16.6. The van der Waals surface area contributed by atoms with Crippen LogP contribution in [0, 0.1) is 0 Å². The molecule has 3 aromatic rings. The van der Waals surface area contributed by atoms with Crippen LogP contribution in [-0.4, -0.2) is 30.9 Å². The summed E-state index contributed by atoms with van der Waals surface area (Å²) in [6.07, 6.45) is -0.651. The first-order valence-electron chi connectivity index (χ1n) is 12.4. The molecule has 0 aromatic heterocycles. The molecule has 0 saturated heterocycles. The molecule has 0 spiro atoms. The van der Waals surface area contributed by atoms with Gasteiger partial charge in [0.05, 0.1) is 13.0 Å². The first-order valence-corrected chi connectivity index (χ1v) is 12.4. The zero-order chi connectivity index (χ0) is 26.4. The molecule has 1 N–H and O–H groups in total. The van der Waals surface area contributed by atoms with Gasteiger partial charge in [-0.3, -0.25) is 4.79 Å². The largest absolute Gasteiger partial charge is 0.485 e. The fraction of sp³-hybridized carbons (Fsp3) is 0.333. The van der Waals surface area contributed by atoms with Crippen molar-refractivity contribution in [2.24, 2.45) is 0 Å². The summed E-state index contributed by atoms with van der Waals surface area (Å²) in [5.74, 6) is 0.900. The van der Waals surface area contributed by atoms with Crippen molar-refractivity contribution in [2.75, 3.05) is 13.2 Å². The van der Waals surface area contributed by atoms with Gasteiger partial charge >= 0.3 is 12.1 Å². The average Bonchev–Trinajstić information content (AvgIpc) is 2.87. The summed E-state index contributed by atoms with van der Waals surface area (Å²) in [5, 5.41) is 2.80. The number of nitrogens with one attached hydrogen (secondary N) is 1. The minimum absolute atomic E-state index is 0.122. The van der Waals surface area contributed by atoms with E-state index in [1.54, 1.807) is 6.92 Å². The monoisotopic (exact) mass is 503 g/mol. The highest BCUT2D eigenvalue weighted by molar-refractivity contribution is 5.74. The van der Waals surface area contributed by atoms with Crippen LogP contribution in [0.1, 0.15) is 50.5 Å². The maximum absolute atomic E-state index is 12.1. The van der Waals surface area contributed by atoms with Crippen LogP contribution >= 0.6 is 0 Å². The van der Waals surface area contributed by atoms with E-state index in [-0.39, 0.29) is 18.5 Å². The van der Waals surface area contributed by atoms with Crippen LogP contribution in [0.15, 0.2) is 66.7 Å². The van der Waals surface area contributed by atoms with E-state index in [9.17, 15) is 9.59 Å². The van der Waals surface area contributed by atoms with E-state index in [0.717, 1.165) is 27.8 Å². The molecule has 1 amide bonds. The van der Waals surface area contributed by atoms with Crippen molar-refractivity contribution in [1.82, 2.24) is 5.32 Å². The molecule has 0 bridgehead atoms. The van der Waals surface area contributed by atoms with Gasteiger partial charge in [0.2, 0.25) is 0 Å². The van der Waals surface area contributed by atoms with E-state index < -0.39 is 11.7 Å². The molecule has 1 atom stereocenters. The Kier molecular flexibility index (Phi) is 8.01. The predicted molar refractivity (Wildman–Crippen MR) is 141 cm³/mol. The molecule has 0 fully saturated rings. The molecule has 1 heterocycles. The number of fused-ring (bicyclic) bond motifs is 1. The fourth-order valence-corrected chi connectivity index (χ4v) is 4.09. The van der Waals surface area contributed by atoms with Gasteiger partial charge in [-0.1, -0.05) is 48.5 Å². The highest BCUT2D eigenvalue weighted by Crippen LogP contribution is 2.40. The number of para-hydroxylation sites is 1. The number of rotatable bonds is 7. The molecule has 3 aromatic carbocycles. The fourth-order valence-electron chi connectivity index (χ4n) is 4.09. The van der Waals surface area contributed by atoms with Crippen LogP contribution in [-0.2, 0) is 27.2 Å². The van der Waals surface area contributed by atoms with Gasteiger partial charge in [0.1, 0.15) is 12.2 Å². The first-order chi connectivity index (χ1) is 17.7. The smallest absolute Gasteiger partial charge is 0.407 e. The number of amides is 1. The van der Waals surface area contributed by atoms with Gasteiger partial charge in [0.25, 0.3) is 0 Å². The lowest BCUT2D eigenvalue weighted by atomic mass is 9.99. The van der Waals surface area contributed by atoms with Crippen molar-refractivity contribution in [3.63, 3.8) is 0 Å². The summed E-state index contributed by atoms with van der Waals surface area (Å²) in [5.41, 5.74) is 4.16. The van der Waals surface area contributed by atoms with Gasteiger partial charge in [-0.2, -0.15) is 0 Å². The molecule has 0 saturated carbocycles. The third-order valence-corrected chi connectivity index (χ3v) is 5.71. The number of alkyl carbamates (subject to hydrolysis) is 1. The zero-order valence-electron chi connectivity index (χ0n) is 21.7. The number of hydrogen-bond donors (Lipinski definition) is 1. The molecule has 1 aliphatic rings. The van der Waals surface area contributed by atoms with Crippen LogP contribution in [0.3, 0.4) is 0 Å². The maximum Gasteiger partial charge on any atom is 0.407 e. The van der Waals surface area contributed by atoms with E-state index in [4.69, 9.17) is 18.9 Å². The van der Waals surface area contributed by atoms with E-state index >= 15 is 0 Å². The number of ether oxygens (including phenoxy) is 4. The number of carbonyl (C=O) groups excluding carboxylic acids is 2. The van der Waals surface area contributed by atoms with E-state index in [1.165, 1.54) is 0 Å². The van der Waals surface area contributed by atoms with Crippen LogP contribution in [0.25, 0.3) is 11.1 Å². The zero-order valence-corrected chi connectivity index (χ0v) is 21.7. The van der Waals surface area contributed by atoms with Crippen molar-refractivity contribution < 1.29 is 28.5 Å². The van der Waals surface area contributed by atoms with Gasteiger partial charge < -0.3 is 24.3 Å². The Labute approximate surface area is 217 Å². The first kappa shape index (κ1) is 26.1. The Morgan fingerprint density at radius 3 is 2.49 bits per heavy atom. The SMILES string of the molecule is CCOC(=O)Cc1cccc2c1OC(c1cccc(-c3cccc(CNC(=O)OC(C)(C)C)c3)c1)CO2. The van der Waals surface area contributed by atoms with Crippen molar-refractivity contribution in [3.8, 4) is 22.6 Å². The Balaban J connectivity index is 1.49. The second-order valence-electron chi connectivity index (χ2n) is 9.82. The Morgan fingerprint density at radius 1 is 1.00 bits per heavy atom. The van der Waals surface area contributed by atoms with Gasteiger partial charge in [0.15, 0.2) is 17.6 Å². The predicted octanol–water partition coefficient (Wildman–Crippen LogP) is 6.00. The Hall–Kier alpha value is -4.00. The van der Waals surface area contributed by atoms with Crippen LogP contribution in [0.2, 0.25) is 0 Å². The van der Waals surface area contributed by atoms with Crippen molar-refractivity contribution >= 4 is 12.1 Å². The second-order valence-corrected chi connectivity index (χ2v) is 9.82. The number of hydrogen-bond acceptors (Lipinski definition) is 6. The standard InChI is InChI=1S/C30H33NO6/c1-5-34-27(32)17-24-13-8-14-25-28(24)36-26(19-35-25)23-12-7-11-22(16-23)21-10-6-9-20(15-21)18-31-29(33)37-30(2,3)4/h6-16,26H,5,17-19H2,1-4H3,(H,31,33). The normalized spacial score (nSPS) is 14.5. The van der Waals surface area contributed by atoms with Crippen LogP contribution < -0.4 is 14.8 Å². The lowest BCUT2D eigenvalue weighted by Crippen LogP contribution is -2.32. The molecule has 37 heavy (non-hydrogen) atoms. The van der Waals surface area contributed by atoms with Gasteiger partial charge in [-0.05, 0) is 68.1 Å².